The molecule has 4 nitrogen and oxygen atoms in total. The Morgan fingerprint density at radius 3 is 2.62 bits per heavy atom. The normalized spacial score (nSPS) is 11.8. The van der Waals surface area contributed by atoms with E-state index in [2.05, 4.69) is 4.98 Å². The zero-order valence-corrected chi connectivity index (χ0v) is 12.7. The highest BCUT2D eigenvalue weighted by Crippen LogP contribution is 2.24. The molecule has 2 rings (SSSR count). The van der Waals surface area contributed by atoms with Gasteiger partial charge < -0.3 is 9.47 Å². The summed E-state index contributed by atoms with van der Waals surface area (Å²) >= 11 is 0. The van der Waals surface area contributed by atoms with Crippen LogP contribution in [0.25, 0.3) is 17.0 Å². The third-order valence-electron chi connectivity index (χ3n) is 2.63. The molecule has 0 spiro atoms. The third-order valence-corrected chi connectivity index (χ3v) is 2.63. The lowest BCUT2D eigenvalue weighted by atomic mass is 10.1. The number of para-hydroxylation sites is 1. The molecule has 0 fully saturated rings. The summed E-state index contributed by atoms with van der Waals surface area (Å²) in [6.45, 7) is 7.26. The number of benzene rings is 1. The van der Waals surface area contributed by atoms with E-state index in [1.54, 1.807) is 20.8 Å². The number of fused-ring (bicyclic) bond motifs is 1. The number of ether oxygens (including phenoxy) is 2. The standard InChI is InChI=1S/C17H19NO3/c1-5-8-13-11-12-9-6-7-10-14(12)18-15(13)20-16(19)21-17(2,3)4/h5-11H,1-4H3/b8-5-. The number of nitrogens with zero attached hydrogens (tertiary/aromatic N) is 1. The minimum Gasteiger partial charge on any atom is -0.428 e. The fraction of sp³-hybridized carbons (Fsp3) is 0.294. The van der Waals surface area contributed by atoms with Gasteiger partial charge in [0.25, 0.3) is 0 Å². The van der Waals surface area contributed by atoms with E-state index in [1.807, 2.05) is 49.4 Å². The van der Waals surface area contributed by atoms with Crippen molar-refractivity contribution in [2.24, 2.45) is 0 Å². The van der Waals surface area contributed by atoms with Gasteiger partial charge in [-0.3, -0.25) is 0 Å². The average Bonchev–Trinajstić information content (AvgIpc) is 2.37. The SMILES string of the molecule is C/C=C\c1cc2ccccc2nc1OC(=O)OC(C)(C)C. The zero-order chi connectivity index (χ0) is 15.5. The summed E-state index contributed by atoms with van der Waals surface area (Å²) in [5, 5.41) is 0.988. The summed E-state index contributed by atoms with van der Waals surface area (Å²) in [6.07, 6.45) is 2.96. The predicted molar refractivity (Wildman–Crippen MR) is 83.3 cm³/mol. The van der Waals surface area contributed by atoms with Gasteiger partial charge in [-0.2, -0.15) is 0 Å². The first-order chi connectivity index (χ1) is 9.89. The van der Waals surface area contributed by atoms with Crippen molar-refractivity contribution < 1.29 is 14.3 Å². The molecule has 0 unspecified atom stereocenters. The van der Waals surface area contributed by atoms with Crippen molar-refractivity contribution >= 4 is 23.1 Å². The quantitative estimate of drug-likeness (QED) is 0.758. The number of aromatic nitrogens is 1. The largest absolute Gasteiger partial charge is 0.515 e. The summed E-state index contributed by atoms with van der Waals surface area (Å²) < 4.78 is 10.4. The van der Waals surface area contributed by atoms with Crippen LogP contribution in [0.2, 0.25) is 0 Å². The van der Waals surface area contributed by atoms with E-state index >= 15 is 0 Å². The number of hydrogen-bond acceptors (Lipinski definition) is 4. The number of carbonyl (C=O) groups excluding carboxylic acids is 1. The first-order valence-electron chi connectivity index (χ1n) is 6.82. The van der Waals surface area contributed by atoms with Crippen LogP contribution in [0.1, 0.15) is 33.3 Å². The van der Waals surface area contributed by atoms with Crippen molar-refractivity contribution in [3.8, 4) is 5.88 Å². The van der Waals surface area contributed by atoms with Gasteiger partial charge in [0.05, 0.1) is 5.52 Å². The van der Waals surface area contributed by atoms with Gasteiger partial charge in [-0.05, 0) is 39.8 Å². The van der Waals surface area contributed by atoms with Crippen molar-refractivity contribution in [2.75, 3.05) is 0 Å². The van der Waals surface area contributed by atoms with E-state index in [0.29, 0.717) is 0 Å². The number of allylic oxidation sites excluding steroid dienone is 1. The number of pyridine rings is 1. The maximum Gasteiger partial charge on any atom is 0.515 e. The Morgan fingerprint density at radius 1 is 1.24 bits per heavy atom. The topological polar surface area (TPSA) is 48.4 Å². The van der Waals surface area contributed by atoms with E-state index in [1.165, 1.54) is 0 Å². The number of carbonyl (C=O) groups is 1. The van der Waals surface area contributed by atoms with Crippen molar-refractivity contribution in [2.45, 2.75) is 33.3 Å². The predicted octanol–water partition coefficient (Wildman–Crippen LogP) is 4.58. The second-order valence-corrected chi connectivity index (χ2v) is 5.64. The maximum absolute atomic E-state index is 11.8. The van der Waals surface area contributed by atoms with E-state index in [9.17, 15) is 4.79 Å². The average molecular weight is 285 g/mol. The number of hydrogen-bond donors (Lipinski definition) is 0. The summed E-state index contributed by atoms with van der Waals surface area (Å²) in [5.41, 5.74) is 0.903. The highest BCUT2D eigenvalue weighted by Gasteiger charge is 2.19. The summed E-state index contributed by atoms with van der Waals surface area (Å²) in [5.74, 6) is 0.251. The lowest BCUT2D eigenvalue weighted by Gasteiger charge is -2.18. The van der Waals surface area contributed by atoms with Crippen molar-refractivity contribution in [1.82, 2.24) is 4.98 Å². The van der Waals surface area contributed by atoms with Crippen LogP contribution in [0.15, 0.2) is 36.4 Å². The number of rotatable bonds is 2. The molecule has 0 bridgehead atoms. The molecule has 0 aliphatic rings. The van der Waals surface area contributed by atoms with E-state index in [-0.39, 0.29) is 5.88 Å². The third kappa shape index (κ3) is 4.05. The van der Waals surface area contributed by atoms with E-state index < -0.39 is 11.8 Å². The second kappa shape index (κ2) is 5.95. The molecule has 0 saturated heterocycles. The van der Waals surface area contributed by atoms with Crippen molar-refractivity contribution in [3.63, 3.8) is 0 Å². The van der Waals surface area contributed by atoms with Gasteiger partial charge in [0.2, 0.25) is 5.88 Å². The first-order valence-corrected chi connectivity index (χ1v) is 6.82. The Bertz CT molecular complexity index is 684. The molecule has 110 valence electrons. The summed E-state index contributed by atoms with van der Waals surface area (Å²) in [6, 6.07) is 9.60. The molecule has 0 atom stereocenters. The molecule has 1 aromatic carbocycles. The van der Waals surface area contributed by atoms with Gasteiger partial charge in [0.1, 0.15) is 5.60 Å². The molecule has 0 amide bonds. The molecular formula is C17H19NO3. The van der Waals surface area contributed by atoms with Gasteiger partial charge in [0.15, 0.2) is 0 Å². The lowest BCUT2D eigenvalue weighted by Crippen LogP contribution is -2.26. The zero-order valence-electron chi connectivity index (χ0n) is 12.7. The summed E-state index contributed by atoms with van der Waals surface area (Å²) in [4.78, 5) is 16.2. The van der Waals surface area contributed by atoms with Crippen LogP contribution in [-0.4, -0.2) is 16.7 Å². The molecule has 21 heavy (non-hydrogen) atoms. The fourth-order valence-electron chi connectivity index (χ4n) is 1.85. The van der Waals surface area contributed by atoms with Gasteiger partial charge in [0, 0.05) is 10.9 Å². The van der Waals surface area contributed by atoms with Gasteiger partial charge in [-0.25, -0.2) is 9.78 Å². The Kier molecular flexibility index (Phi) is 4.26. The van der Waals surface area contributed by atoms with Gasteiger partial charge >= 0.3 is 6.16 Å². The second-order valence-electron chi connectivity index (χ2n) is 5.64. The smallest absolute Gasteiger partial charge is 0.428 e. The van der Waals surface area contributed by atoms with Crippen LogP contribution in [0.3, 0.4) is 0 Å². The minimum absolute atomic E-state index is 0.251. The molecule has 1 heterocycles. The Balaban J connectivity index is 2.37. The highest BCUT2D eigenvalue weighted by atomic mass is 16.7. The van der Waals surface area contributed by atoms with Gasteiger partial charge in [-0.15, -0.1) is 0 Å². The molecular weight excluding hydrogens is 266 g/mol. The molecule has 0 N–H and O–H groups in total. The maximum atomic E-state index is 11.8. The highest BCUT2D eigenvalue weighted by molar-refractivity contribution is 5.83. The molecule has 0 aliphatic carbocycles. The van der Waals surface area contributed by atoms with Crippen LogP contribution in [0.4, 0.5) is 4.79 Å². The molecule has 0 aliphatic heterocycles. The van der Waals surface area contributed by atoms with Crippen LogP contribution >= 0.6 is 0 Å². The Morgan fingerprint density at radius 2 is 1.95 bits per heavy atom. The van der Waals surface area contributed by atoms with Gasteiger partial charge in [-0.1, -0.05) is 30.4 Å². The minimum atomic E-state index is -0.754. The van der Waals surface area contributed by atoms with Crippen molar-refractivity contribution in [3.05, 3.63) is 42.0 Å². The van der Waals surface area contributed by atoms with Crippen LogP contribution in [-0.2, 0) is 4.74 Å². The van der Waals surface area contributed by atoms with Crippen molar-refractivity contribution in [1.29, 1.82) is 0 Å². The van der Waals surface area contributed by atoms with Crippen LogP contribution in [0, 0.1) is 0 Å². The first kappa shape index (κ1) is 15.0. The van der Waals surface area contributed by atoms with Crippen LogP contribution in [0.5, 0.6) is 5.88 Å². The summed E-state index contributed by atoms with van der Waals surface area (Å²) in [7, 11) is 0. The Hall–Kier alpha value is -2.36. The monoisotopic (exact) mass is 285 g/mol. The van der Waals surface area contributed by atoms with E-state index in [4.69, 9.17) is 9.47 Å². The Labute approximate surface area is 124 Å². The molecule has 0 saturated carbocycles. The molecule has 0 radical (unpaired) electrons. The molecule has 4 heteroatoms. The molecule has 1 aromatic heterocycles. The van der Waals surface area contributed by atoms with E-state index in [0.717, 1.165) is 16.5 Å². The lowest BCUT2D eigenvalue weighted by molar-refractivity contribution is 0.0197. The fourth-order valence-corrected chi connectivity index (χ4v) is 1.85. The molecule has 2 aromatic rings. The van der Waals surface area contributed by atoms with Crippen LogP contribution < -0.4 is 4.74 Å².